The SMILES string of the molecule is CCN(c1ccccc1C)C(CN)c1cc(Cl)ccc1Cl. The summed E-state index contributed by atoms with van der Waals surface area (Å²) in [6.07, 6.45) is 0. The topological polar surface area (TPSA) is 29.3 Å². The fraction of sp³-hybridized carbons (Fsp3) is 0.294. The number of anilines is 1. The third kappa shape index (κ3) is 3.52. The summed E-state index contributed by atoms with van der Waals surface area (Å²) < 4.78 is 0. The maximum Gasteiger partial charge on any atom is 0.0679 e. The zero-order valence-corrected chi connectivity index (χ0v) is 13.8. The van der Waals surface area contributed by atoms with Gasteiger partial charge in [0.2, 0.25) is 0 Å². The van der Waals surface area contributed by atoms with E-state index < -0.39 is 0 Å². The Labute approximate surface area is 136 Å². The van der Waals surface area contributed by atoms with Gasteiger partial charge in [0.05, 0.1) is 6.04 Å². The van der Waals surface area contributed by atoms with Crippen LogP contribution in [0.15, 0.2) is 42.5 Å². The molecule has 0 spiro atoms. The number of nitrogens with zero attached hydrogens (tertiary/aromatic N) is 1. The first-order valence-electron chi connectivity index (χ1n) is 7.05. The van der Waals surface area contributed by atoms with Gasteiger partial charge in [0, 0.05) is 28.8 Å². The van der Waals surface area contributed by atoms with E-state index >= 15 is 0 Å². The maximum absolute atomic E-state index is 6.36. The van der Waals surface area contributed by atoms with Gasteiger partial charge in [-0.25, -0.2) is 0 Å². The van der Waals surface area contributed by atoms with Crippen LogP contribution in [0.3, 0.4) is 0 Å². The molecule has 0 aliphatic rings. The molecule has 112 valence electrons. The molecule has 0 aliphatic heterocycles. The molecule has 4 heteroatoms. The van der Waals surface area contributed by atoms with Gasteiger partial charge in [-0.1, -0.05) is 41.4 Å². The van der Waals surface area contributed by atoms with Crippen LogP contribution in [0.5, 0.6) is 0 Å². The Kier molecular flexibility index (Phi) is 5.51. The number of rotatable bonds is 5. The normalized spacial score (nSPS) is 12.2. The number of likely N-dealkylation sites (N-methyl/N-ethyl adjacent to an activating group) is 1. The lowest BCUT2D eigenvalue weighted by Gasteiger charge is -2.34. The largest absolute Gasteiger partial charge is 0.363 e. The van der Waals surface area contributed by atoms with E-state index in [1.807, 2.05) is 24.3 Å². The van der Waals surface area contributed by atoms with E-state index in [2.05, 4.69) is 30.9 Å². The summed E-state index contributed by atoms with van der Waals surface area (Å²) in [7, 11) is 0. The third-order valence-electron chi connectivity index (χ3n) is 3.68. The number of benzene rings is 2. The second-order valence-corrected chi connectivity index (χ2v) is 5.83. The summed E-state index contributed by atoms with van der Waals surface area (Å²) >= 11 is 12.5. The van der Waals surface area contributed by atoms with Crippen LogP contribution in [0.1, 0.15) is 24.1 Å². The second-order valence-electron chi connectivity index (χ2n) is 4.99. The monoisotopic (exact) mass is 322 g/mol. The predicted molar refractivity (Wildman–Crippen MR) is 92.5 cm³/mol. The van der Waals surface area contributed by atoms with Crippen molar-refractivity contribution in [1.82, 2.24) is 0 Å². The lowest BCUT2D eigenvalue weighted by atomic mass is 10.0. The highest BCUT2D eigenvalue weighted by Gasteiger charge is 2.22. The Morgan fingerprint density at radius 1 is 1.14 bits per heavy atom. The molecule has 21 heavy (non-hydrogen) atoms. The van der Waals surface area contributed by atoms with Crippen LogP contribution in [0, 0.1) is 6.92 Å². The van der Waals surface area contributed by atoms with Gasteiger partial charge >= 0.3 is 0 Å². The van der Waals surface area contributed by atoms with Crippen molar-refractivity contribution in [3.8, 4) is 0 Å². The molecule has 0 saturated carbocycles. The molecule has 0 radical (unpaired) electrons. The molecule has 1 unspecified atom stereocenters. The Balaban J connectivity index is 2.48. The molecule has 2 aromatic rings. The standard InChI is InChI=1S/C17H20Cl2N2/c1-3-21(16-7-5-4-6-12(16)2)17(11-20)14-10-13(18)8-9-15(14)19/h4-10,17H,3,11,20H2,1-2H3. The van der Waals surface area contributed by atoms with Crippen molar-refractivity contribution in [1.29, 1.82) is 0 Å². The Morgan fingerprint density at radius 2 is 1.86 bits per heavy atom. The fourth-order valence-corrected chi connectivity index (χ4v) is 3.06. The van der Waals surface area contributed by atoms with Crippen LogP contribution in [-0.4, -0.2) is 13.1 Å². The molecule has 0 bridgehead atoms. The molecule has 0 heterocycles. The van der Waals surface area contributed by atoms with Crippen molar-refractivity contribution in [2.45, 2.75) is 19.9 Å². The number of hydrogen-bond acceptors (Lipinski definition) is 2. The van der Waals surface area contributed by atoms with Crippen molar-refractivity contribution >= 4 is 28.9 Å². The van der Waals surface area contributed by atoms with E-state index in [4.69, 9.17) is 28.9 Å². The predicted octanol–water partition coefficient (Wildman–Crippen LogP) is 4.83. The van der Waals surface area contributed by atoms with Gasteiger partial charge < -0.3 is 10.6 Å². The molecule has 2 rings (SSSR count). The minimum absolute atomic E-state index is 0.00213. The number of aryl methyl sites for hydroxylation is 1. The molecule has 0 aromatic heterocycles. The molecule has 0 saturated heterocycles. The van der Waals surface area contributed by atoms with E-state index in [1.54, 1.807) is 6.07 Å². The third-order valence-corrected chi connectivity index (χ3v) is 4.26. The number of nitrogens with two attached hydrogens (primary N) is 1. The van der Waals surface area contributed by atoms with Crippen LogP contribution in [-0.2, 0) is 0 Å². The van der Waals surface area contributed by atoms with Crippen molar-refractivity contribution in [2.75, 3.05) is 18.0 Å². The minimum atomic E-state index is 0.00213. The Hall–Kier alpha value is -1.22. The van der Waals surface area contributed by atoms with Gasteiger partial charge in [-0.3, -0.25) is 0 Å². The molecule has 2 N–H and O–H groups in total. The zero-order valence-electron chi connectivity index (χ0n) is 12.3. The van der Waals surface area contributed by atoms with E-state index in [9.17, 15) is 0 Å². The lowest BCUT2D eigenvalue weighted by molar-refractivity contribution is 0.642. The van der Waals surface area contributed by atoms with E-state index in [-0.39, 0.29) is 6.04 Å². The highest BCUT2D eigenvalue weighted by molar-refractivity contribution is 6.33. The van der Waals surface area contributed by atoms with Gasteiger partial charge in [-0.15, -0.1) is 0 Å². The zero-order chi connectivity index (χ0) is 15.4. The van der Waals surface area contributed by atoms with Crippen molar-refractivity contribution in [2.24, 2.45) is 5.73 Å². The first-order valence-corrected chi connectivity index (χ1v) is 7.81. The molecular weight excluding hydrogens is 303 g/mol. The summed E-state index contributed by atoms with van der Waals surface area (Å²) in [5, 5.41) is 1.37. The molecule has 0 aliphatic carbocycles. The first-order chi connectivity index (χ1) is 10.1. The molecule has 0 fully saturated rings. The van der Waals surface area contributed by atoms with Gasteiger partial charge in [0.15, 0.2) is 0 Å². The van der Waals surface area contributed by atoms with Crippen LogP contribution < -0.4 is 10.6 Å². The van der Waals surface area contributed by atoms with E-state index in [0.717, 1.165) is 12.1 Å². The van der Waals surface area contributed by atoms with Gasteiger partial charge in [0.25, 0.3) is 0 Å². The smallest absolute Gasteiger partial charge is 0.0679 e. The molecule has 0 amide bonds. The van der Waals surface area contributed by atoms with Crippen LogP contribution in [0.4, 0.5) is 5.69 Å². The summed E-state index contributed by atoms with van der Waals surface area (Å²) in [5.41, 5.74) is 9.40. The highest BCUT2D eigenvalue weighted by atomic mass is 35.5. The Bertz CT molecular complexity index is 613. The number of para-hydroxylation sites is 1. The molecule has 1 atom stereocenters. The number of halogens is 2. The van der Waals surface area contributed by atoms with Crippen molar-refractivity contribution in [3.63, 3.8) is 0 Å². The maximum atomic E-state index is 6.36. The summed E-state index contributed by atoms with van der Waals surface area (Å²) in [4.78, 5) is 2.27. The van der Waals surface area contributed by atoms with Crippen LogP contribution in [0.25, 0.3) is 0 Å². The lowest BCUT2D eigenvalue weighted by Crippen LogP contribution is -2.34. The average molecular weight is 323 g/mol. The van der Waals surface area contributed by atoms with Crippen LogP contribution in [0.2, 0.25) is 10.0 Å². The minimum Gasteiger partial charge on any atom is -0.363 e. The highest BCUT2D eigenvalue weighted by Crippen LogP contribution is 2.33. The number of hydrogen-bond donors (Lipinski definition) is 1. The quantitative estimate of drug-likeness (QED) is 0.854. The van der Waals surface area contributed by atoms with Crippen LogP contribution >= 0.6 is 23.2 Å². The van der Waals surface area contributed by atoms with Gasteiger partial charge in [-0.05, 0) is 49.2 Å². The van der Waals surface area contributed by atoms with Gasteiger partial charge in [0.1, 0.15) is 0 Å². The Morgan fingerprint density at radius 3 is 2.48 bits per heavy atom. The average Bonchev–Trinajstić information content (AvgIpc) is 2.48. The summed E-state index contributed by atoms with van der Waals surface area (Å²) in [5.74, 6) is 0. The molecular formula is C17H20Cl2N2. The summed E-state index contributed by atoms with van der Waals surface area (Å²) in [6.45, 7) is 5.54. The first kappa shape index (κ1) is 16.2. The second kappa shape index (κ2) is 7.17. The summed E-state index contributed by atoms with van der Waals surface area (Å²) in [6, 6.07) is 13.8. The molecule has 2 aromatic carbocycles. The molecule has 2 nitrogen and oxygen atoms in total. The van der Waals surface area contributed by atoms with Crippen molar-refractivity contribution < 1.29 is 0 Å². The van der Waals surface area contributed by atoms with Crippen molar-refractivity contribution in [3.05, 3.63) is 63.6 Å². The van der Waals surface area contributed by atoms with E-state index in [1.165, 1.54) is 11.3 Å². The van der Waals surface area contributed by atoms with Gasteiger partial charge in [-0.2, -0.15) is 0 Å². The fourth-order valence-electron chi connectivity index (χ4n) is 2.64. The van der Waals surface area contributed by atoms with E-state index in [0.29, 0.717) is 16.6 Å².